The first-order valence-corrected chi connectivity index (χ1v) is 6.95. The van der Waals surface area contributed by atoms with Crippen LogP contribution in [-0.2, 0) is 6.54 Å². The number of nitrogens with zero attached hydrogens (tertiary/aromatic N) is 4. The molecule has 0 aliphatic heterocycles. The van der Waals surface area contributed by atoms with Gasteiger partial charge in [-0.15, -0.1) is 5.10 Å². The largest absolute Gasteiger partial charge is 0.340 e. The van der Waals surface area contributed by atoms with E-state index in [9.17, 15) is 0 Å². The second kappa shape index (κ2) is 4.41. The third-order valence-electron chi connectivity index (χ3n) is 3.87. The maximum absolute atomic E-state index is 4.65. The summed E-state index contributed by atoms with van der Waals surface area (Å²) in [5.41, 5.74) is 6.51. The quantitative estimate of drug-likeness (QED) is 0.613. The molecular weight excluding hydrogens is 262 g/mol. The fourth-order valence-corrected chi connectivity index (χ4v) is 2.57. The molecule has 0 radical (unpaired) electrons. The lowest BCUT2D eigenvalue weighted by Gasteiger charge is -1.98. The van der Waals surface area contributed by atoms with Crippen LogP contribution in [0.5, 0.6) is 0 Å². The molecule has 0 amide bonds. The zero-order chi connectivity index (χ0) is 14.4. The highest BCUT2D eigenvalue weighted by Crippen LogP contribution is 2.18. The summed E-state index contributed by atoms with van der Waals surface area (Å²) in [4.78, 5) is 8.02. The van der Waals surface area contributed by atoms with Crippen molar-refractivity contribution in [3.63, 3.8) is 0 Å². The average molecular weight is 277 g/mol. The number of hydrogen-bond donors (Lipinski definition) is 1. The fourth-order valence-electron chi connectivity index (χ4n) is 2.57. The normalized spacial score (nSPS) is 11.5. The number of fused-ring (bicyclic) bond motifs is 2. The molecule has 2 aromatic carbocycles. The van der Waals surface area contributed by atoms with Crippen molar-refractivity contribution in [2.45, 2.75) is 20.4 Å². The number of para-hydroxylation sites is 1. The van der Waals surface area contributed by atoms with Crippen LogP contribution in [0.15, 0.2) is 36.4 Å². The Kier molecular flexibility index (Phi) is 2.54. The number of aromatic nitrogens is 5. The molecule has 21 heavy (non-hydrogen) atoms. The van der Waals surface area contributed by atoms with Gasteiger partial charge in [-0.3, -0.25) is 0 Å². The summed E-state index contributed by atoms with van der Waals surface area (Å²) in [6.07, 6.45) is 0. The summed E-state index contributed by atoms with van der Waals surface area (Å²) in [6, 6.07) is 12.2. The standard InChI is InChI=1S/C16H15N5/c1-10-7-13-14(8-11(10)2)18-16(17-13)9-21-15-6-4-3-5-12(15)19-20-21/h3-8H,9H2,1-2H3,(H,17,18). The number of aryl methyl sites for hydroxylation is 2. The van der Waals surface area contributed by atoms with Gasteiger partial charge in [-0.1, -0.05) is 17.3 Å². The molecule has 0 aliphatic carbocycles. The van der Waals surface area contributed by atoms with Crippen LogP contribution in [-0.4, -0.2) is 25.0 Å². The van der Waals surface area contributed by atoms with Crippen molar-refractivity contribution in [1.82, 2.24) is 25.0 Å². The van der Waals surface area contributed by atoms with E-state index in [1.165, 1.54) is 11.1 Å². The van der Waals surface area contributed by atoms with Crippen LogP contribution in [0.1, 0.15) is 17.0 Å². The maximum Gasteiger partial charge on any atom is 0.129 e. The summed E-state index contributed by atoms with van der Waals surface area (Å²) in [5, 5.41) is 8.37. The van der Waals surface area contributed by atoms with E-state index in [1.54, 1.807) is 0 Å². The van der Waals surface area contributed by atoms with Crippen LogP contribution >= 0.6 is 0 Å². The third kappa shape index (κ3) is 1.98. The second-order valence-electron chi connectivity index (χ2n) is 5.37. The minimum absolute atomic E-state index is 0.591. The Hall–Kier alpha value is -2.69. The molecule has 104 valence electrons. The van der Waals surface area contributed by atoms with E-state index >= 15 is 0 Å². The molecular formula is C16H15N5. The van der Waals surface area contributed by atoms with Crippen LogP contribution in [0.3, 0.4) is 0 Å². The summed E-state index contributed by atoms with van der Waals surface area (Å²) in [7, 11) is 0. The van der Waals surface area contributed by atoms with Gasteiger partial charge in [0, 0.05) is 0 Å². The Morgan fingerprint density at radius 3 is 2.76 bits per heavy atom. The van der Waals surface area contributed by atoms with Crippen LogP contribution in [0.25, 0.3) is 22.1 Å². The molecule has 4 rings (SSSR count). The number of benzene rings is 2. The van der Waals surface area contributed by atoms with E-state index in [-0.39, 0.29) is 0 Å². The van der Waals surface area contributed by atoms with E-state index in [0.717, 1.165) is 27.9 Å². The van der Waals surface area contributed by atoms with E-state index in [2.05, 4.69) is 46.3 Å². The second-order valence-corrected chi connectivity index (χ2v) is 5.37. The van der Waals surface area contributed by atoms with Crippen molar-refractivity contribution in [3.8, 4) is 0 Å². The van der Waals surface area contributed by atoms with Gasteiger partial charge in [0.1, 0.15) is 17.9 Å². The Morgan fingerprint density at radius 1 is 1.05 bits per heavy atom. The highest BCUT2D eigenvalue weighted by molar-refractivity contribution is 5.77. The Morgan fingerprint density at radius 2 is 1.86 bits per heavy atom. The van der Waals surface area contributed by atoms with Crippen LogP contribution in [0.4, 0.5) is 0 Å². The van der Waals surface area contributed by atoms with Crippen LogP contribution in [0.2, 0.25) is 0 Å². The van der Waals surface area contributed by atoms with Gasteiger partial charge in [0.25, 0.3) is 0 Å². The number of nitrogens with one attached hydrogen (secondary N) is 1. The van der Waals surface area contributed by atoms with Crippen LogP contribution in [0, 0.1) is 13.8 Å². The highest BCUT2D eigenvalue weighted by atomic mass is 15.4. The third-order valence-corrected chi connectivity index (χ3v) is 3.87. The molecule has 0 unspecified atom stereocenters. The molecule has 5 heteroatoms. The first-order valence-electron chi connectivity index (χ1n) is 6.95. The van der Waals surface area contributed by atoms with E-state index < -0.39 is 0 Å². The molecule has 1 N–H and O–H groups in total. The molecule has 0 spiro atoms. The van der Waals surface area contributed by atoms with Crippen molar-refractivity contribution in [3.05, 3.63) is 53.3 Å². The summed E-state index contributed by atoms with van der Waals surface area (Å²) >= 11 is 0. The summed E-state index contributed by atoms with van der Waals surface area (Å²) in [6.45, 7) is 4.81. The van der Waals surface area contributed by atoms with Gasteiger partial charge < -0.3 is 4.98 Å². The van der Waals surface area contributed by atoms with Crippen molar-refractivity contribution >= 4 is 22.1 Å². The van der Waals surface area contributed by atoms with Crippen LogP contribution < -0.4 is 0 Å². The lowest BCUT2D eigenvalue weighted by atomic mass is 10.1. The van der Waals surface area contributed by atoms with Gasteiger partial charge in [-0.05, 0) is 49.2 Å². The van der Waals surface area contributed by atoms with E-state index in [4.69, 9.17) is 0 Å². The Balaban J connectivity index is 1.77. The van der Waals surface area contributed by atoms with Gasteiger partial charge in [-0.25, -0.2) is 9.67 Å². The van der Waals surface area contributed by atoms with E-state index in [1.807, 2.05) is 28.9 Å². The number of rotatable bonds is 2. The van der Waals surface area contributed by atoms with Crippen molar-refractivity contribution in [2.75, 3.05) is 0 Å². The maximum atomic E-state index is 4.65. The number of aromatic amines is 1. The molecule has 0 saturated heterocycles. The zero-order valence-electron chi connectivity index (χ0n) is 12.0. The van der Waals surface area contributed by atoms with Crippen molar-refractivity contribution in [1.29, 1.82) is 0 Å². The zero-order valence-corrected chi connectivity index (χ0v) is 12.0. The molecule has 4 aromatic rings. The first-order chi connectivity index (χ1) is 10.2. The van der Waals surface area contributed by atoms with Gasteiger partial charge in [0.2, 0.25) is 0 Å². The molecule has 0 bridgehead atoms. The topological polar surface area (TPSA) is 59.4 Å². The molecule has 0 saturated carbocycles. The predicted octanol–water partition coefficient (Wildman–Crippen LogP) is 2.97. The monoisotopic (exact) mass is 277 g/mol. The molecule has 0 fully saturated rings. The molecule has 0 aliphatic rings. The smallest absolute Gasteiger partial charge is 0.129 e. The minimum atomic E-state index is 0.591. The highest BCUT2D eigenvalue weighted by Gasteiger charge is 2.08. The molecule has 2 aromatic heterocycles. The predicted molar refractivity (Wildman–Crippen MR) is 82.2 cm³/mol. The SMILES string of the molecule is Cc1cc2nc(Cn3nnc4ccccc43)[nH]c2cc1C. The lowest BCUT2D eigenvalue weighted by Crippen LogP contribution is -2.03. The van der Waals surface area contributed by atoms with E-state index in [0.29, 0.717) is 6.54 Å². The Labute approximate surface area is 121 Å². The van der Waals surface area contributed by atoms with Gasteiger partial charge >= 0.3 is 0 Å². The molecule has 2 heterocycles. The lowest BCUT2D eigenvalue weighted by molar-refractivity contribution is 0.650. The average Bonchev–Trinajstić information content (AvgIpc) is 3.04. The molecule has 0 atom stereocenters. The number of H-pyrrole nitrogens is 1. The number of hydrogen-bond acceptors (Lipinski definition) is 3. The number of imidazole rings is 1. The fraction of sp³-hybridized carbons (Fsp3) is 0.188. The Bertz CT molecular complexity index is 909. The summed E-state index contributed by atoms with van der Waals surface area (Å²) in [5.74, 6) is 0.894. The first kappa shape index (κ1) is 12.1. The van der Waals surface area contributed by atoms with Gasteiger partial charge in [-0.2, -0.15) is 0 Å². The van der Waals surface area contributed by atoms with Gasteiger partial charge in [0.15, 0.2) is 0 Å². The molecule has 5 nitrogen and oxygen atoms in total. The summed E-state index contributed by atoms with van der Waals surface area (Å²) < 4.78 is 1.87. The van der Waals surface area contributed by atoms with Gasteiger partial charge in [0.05, 0.1) is 16.6 Å². The van der Waals surface area contributed by atoms with Crippen molar-refractivity contribution < 1.29 is 0 Å². The van der Waals surface area contributed by atoms with Crippen molar-refractivity contribution in [2.24, 2.45) is 0 Å². The minimum Gasteiger partial charge on any atom is -0.340 e.